The number of Topliss-reactive ketones (excluding diaryl/α,β-unsaturated/α-hetero) is 1. The van der Waals surface area contributed by atoms with Gasteiger partial charge in [-0.15, -0.1) is 0 Å². The standard InChI is InChI=1S/C30H35NO4/c1-5-15-34-26-14-10-9-13-23(26)28-27(30(33)35-18-19(2)3)20(4)31-24-16-22(17-25(32)29(24)28)21-11-7-6-8-12-21/h6-14,19,22,28,31H,5,15-18H2,1-4H3/t22-,28-/m0/s1. The van der Waals surface area contributed by atoms with Gasteiger partial charge in [0.15, 0.2) is 5.78 Å². The SMILES string of the molecule is CCCOc1ccccc1[C@H]1C(C(=O)OCC(C)C)=C(C)NC2=C1C(=O)C[C@@H](c1ccccc1)C2. The highest BCUT2D eigenvalue weighted by Crippen LogP contribution is 2.47. The smallest absolute Gasteiger partial charge is 0.336 e. The number of benzene rings is 2. The molecule has 0 radical (unpaired) electrons. The third kappa shape index (κ3) is 5.34. The second kappa shape index (κ2) is 10.9. The van der Waals surface area contributed by atoms with Crippen LogP contribution in [0.1, 0.15) is 69.9 Å². The summed E-state index contributed by atoms with van der Waals surface area (Å²) in [6, 6.07) is 17.9. The fourth-order valence-electron chi connectivity index (χ4n) is 4.96. The van der Waals surface area contributed by atoms with Crippen molar-refractivity contribution in [2.24, 2.45) is 5.92 Å². The van der Waals surface area contributed by atoms with E-state index in [0.717, 1.165) is 28.9 Å². The lowest BCUT2D eigenvalue weighted by Crippen LogP contribution is -2.36. The predicted molar refractivity (Wildman–Crippen MR) is 137 cm³/mol. The highest BCUT2D eigenvalue weighted by atomic mass is 16.5. The van der Waals surface area contributed by atoms with Gasteiger partial charge in [0.2, 0.25) is 0 Å². The summed E-state index contributed by atoms with van der Waals surface area (Å²) in [4.78, 5) is 27.1. The van der Waals surface area contributed by atoms with E-state index >= 15 is 0 Å². The molecule has 0 aromatic heterocycles. The van der Waals surface area contributed by atoms with Crippen molar-refractivity contribution in [3.05, 3.63) is 88.3 Å². The molecule has 35 heavy (non-hydrogen) atoms. The third-order valence-corrected chi connectivity index (χ3v) is 6.56. The number of ether oxygens (including phenoxy) is 2. The van der Waals surface area contributed by atoms with Gasteiger partial charge >= 0.3 is 5.97 Å². The molecule has 0 saturated heterocycles. The molecular formula is C30H35NO4. The van der Waals surface area contributed by atoms with E-state index < -0.39 is 5.92 Å². The van der Waals surface area contributed by atoms with Gasteiger partial charge in [0, 0.05) is 29.0 Å². The lowest BCUT2D eigenvalue weighted by molar-refractivity contribution is -0.140. The summed E-state index contributed by atoms with van der Waals surface area (Å²) in [6.45, 7) is 8.86. The first-order valence-corrected chi connectivity index (χ1v) is 12.6. The first kappa shape index (κ1) is 24.8. The Bertz CT molecular complexity index is 1150. The summed E-state index contributed by atoms with van der Waals surface area (Å²) in [5.74, 6) is 0.168. The van der Waals surface area contributed by atoms with E-state index in [-0.39, 0.29) is 23.6 Å². The zero-order chi connectivity index (χ0) is 24.9. The van der Waals surface area contributed by atoms with Crippen LogP contribution in [-0.2, 0) is 14.3 Å². The maximum atomic E-state index is 13.7. The quantitative estimate of drug-likeness (QED) is 0.474. The minimum atomic E-state index is -0.525. The van der Waals surface area contributed by atoms with E-state index in [1.54, 1.807) is 0 Å². The topological polar surface area (TPSA) is 64.6 Å². The number of ketones is 1. The van der Waals surface area contributed by atoms with Crippen LogP contribution in [0, 0.1) is 5.92 Å². The molecule has 2 atom stereocenters. The van der Waals surface area contributed by atoms with E-state index in [2.05, 4.69) is 24.4 Å². The zero-order valence-electron chi connectivity index (χ0n) is 21.1. The molecule has 1 heterocycles. The normalized spacial score (nSPS) is 20.0. The van der Waals surface area contributed by atoms with Crippen LogP contribution < -0.4 is 10.1 Å². The maximum absolute atomic E-state index is 13.7. The lowest BCUT2D eigenvalue weighted by atomic mass is 9.71. The first-order valence-electron chi connectivity index (χ1n) is 12.6. The molecule has 5 heteroatoms. The van der Waals surface area contributed by atoms with Crippen molar-refractivity contribution in [1.29, 1.82) is 0 Å². The molecular weight excluding hydrogens is 438 g/mol. The number of rotatable bonds is 8. The molecule has 0 saturated carbocycles. The van der Waals surface area contributed by atoms with Crippen molar-refractivity contribution in [3.8, 4) is 5.75 Å². The van der Waals surface area contributed by atoms with Gasteiger partial charge in [-0.1, -0.05) is 69.3 Å². The Morgan fingerprint density at radius 1 is 1.06 bits per heavy atom. The van der Waals surface area contributed by atoms with E-state index in [1.165, 1.54) is 0 Å². The second-order valence-corrected chi connectivity index (χ2v) is 9.81. The zero-order valence-corrected chi connectivity index (χ0v) is 21.1. The van der Waals surface area contributed by atoms with Crippen LogP contribution in [-0.4, -0.2) is 25.0 Å². The number of hydrogen-bond donors (Lipinski definition) is 1. The summed E-state index contributed by atoms with van der Waals surface area (Å²) < 4.78 is 11.8. The predicted octanol–water partition coefficient (Wildman–Crippen LogP) is 6.04. The highest BCUT2D eigenvalue weighted by Gasteiger charge is 2.42. The molecule has 0 amide bonds. The number of para-hydroxylation sites is 1. The fraction of sp³-hybridized carbons (Fsp3) is 0.400. The minimum Gasteiger partial charge on any atom is -0.493 e. The van der Waals surface area contributed by atoms with Crippen molar-refractivity contribution in [3.63, 3.8) is 0 Å². The van der Waals surface area contributed by atoms with Crippen LogP contribution in [0.3, 0.4) is 0 Å². The monoisotopic (exact) mass is 473 g/mol. The van der Waals surface area contributed by atoms with Crippen molar-refractivity contribution < 1.29 is 19.1 Å². The molecule has 2 aromatic rings. The van der Waals surface area contributed by atoms with Crippen LogP contribution in [0.25, 0.3) is 0 Å². The van der Waals surface area contributed by atoms with E-state index in [0.29, 0.717) is 43.0 Å². The Morgan fingerprint density at radius 2 is 1.77 bits per heavy atom. The summed E-state index contributed by atoms with van der Waals surface area (Å²) in [7, 11) is 0. The Hall–Kier alpha value is -3.34. The number of carbonyl (C=O) groups excluding carboxylic acids is 2. The number of allylic oxidation sites excluding steroid dienone is 3. The number of carbonyl (C=O) groups is 2. The molecule has 0 fully saturated rings. The van der Waals surface area contributed by atoms with E-state index in [1.807, 2.05) is 63.2 Å². The van der Waals surface area contributed by atoms with Crippen molar-refractivity contribution >= 4 is 11.8 Å². The maximum Gasteiger partial charge on any atom is 0.336 e. The van der Waals surface area contributed by atoms with Gasteiger partial charge < -0.3 is 14.8 Å². The molecule has 0 spiro atoms. The Kier molecular flexibility index (Phi) is 7.74. The van der Waals surface area contributed by atoms with Gasteiger partial charge in [0.1, 0.15) is 5.75 Å². The van der Waals surface area contributed by atoms with E-state index in [9.17, 15) is 9.59 Å². The molecule has 2 aliphatic rings. The molecule has 184 valence electrons. The lowest BCUT2D eigenvalue weighted by Gasteiger charge is -2.37. The summed E-state index contributed by atoms with van der Waals surface area (Å²) in [6.07, 6.45) is 1.99. The van der Waals surface area contributed by atoms with Gasteiger partial charge in [-0.25, -0.2) is 4.79 Å². The van der Waals surface area contributed by atoms with Gasteiger partial charge in [-0.3, -0.25) is 4.79 Å². The van der Waals surface area contributed by atoms with Gasteiger partial charge in [0.05, 0.1) is 24.7 Å². The molecule has 1 N–H and O–H groups in total. The van der Waals surface area contributed by atoms with Crippen LogP contribution in [0.2, 0.25) is 0 Å². The first-order chi connectivity index (χ1) is 16.9. The molecule has 1 aliphatic heterocycles. The Balaban J connectivity index is 1.80. The highest BCUT2D eigenvalue weighted by molar-refractivity contribution is 6.04. The van der Waals surface area contributed by atoms with Crippen LogP contribution >= 0.6 is 0 Å². The molecule has 5 nitrogen and oxygen atoms in total. The van der Waals surface area contributed by atoms with Crippen LogP contribution in [0.15, 0.2) is 77.1 Å². The van der Waals surface area contributed by atoms with Crippen molar-refractivity contribution in [1.82, 2.24) is 5.32 Å². The molecule has 1 aliphatic carbocycles. The number of dihydropyridines is 1. The van der Waals surface area contributed by atoms with Crippen LogP contribution in [0.5, 0.6) is 5.75 Å². The largest absolute Gasteiger partial charge is 0.493 e. The van der Waals surface area contributed by atoms with Crippen LogP contribution in [0.4, 0.5) is 0 Å². The van der Waals surface area contributed by atoms with Gasteiger partial charge in [0.25, 0.3) is 0 Å². The van der Waals surface area contributed by atoms with Crippen molar-refractivity contribution in [2.75, 3.05) is 13.2 Å². The summed E-state index contributed by atoms with van der Waals surface area (Å²) >= 11 is 0. The molecule has 0 bridgehead atoms. The minimum absolute atomic E-state index is 0.0598. The van der Waals surface area contributed by atoms with Gasteiger partial charge in [-0.05, 0) is 43.2 Å². The van der Waals surface area contributed by atoms with E-state index in [4.69, 9.17) is 9.47 Å². The Morgan fingerprint density at radius 3 is 2.49 bits per heavy atom. The molecule has 4 rings (SSSR count). The average Bonchev–Trinajstić information content (AvgIpc) is 2.85. The average molecular weight is 474 g/mol. The Labute approximate surface area is 208 Å². The number of nitrogens with one attached hydrogen (secondary N) is 1. The molecule has 2 aromatic carbocycles. The summed E-state index contributed by atoms with van der Waals surface area (Å²) in [5.41, 5.74) is 4.76. The summed E-state index contributed by atoms with van der Waals surface area (Å²) in [5, 5.41) is 3.43. The molecule has 0 unspecified atom stereocenters. The van der Waals surface area contributed by atoms with Gasteiger partial charge in [-0.2, -0.15) is 0 Å². The third-order valence-electron chi connectivity index (χ3n) is 6.56. The van der Waals surface area contributed by atoms with Crippen molar-refractivity contribution in [2.45, 2.75) is 58.8 Å². The number of esters is 1. The fourth-order valence-corrected chi connectivity index (χ4v) is 4.96. The second-order valence-electron chi connectivity index (χ2n) is 9.81. The number of hydrogen-bond acceptors (Lipinski definition) is 5.